The molecule has 1 aliphatic heterocycles. The summed E-state index contributed by atoms with van der Waals surface area (Å²) >= 11 is 12.1. The summed E-state index contributed by atoms with van der Waals surface area (Å²) in [6.45, 7) is 9.89. The number of likely N-dealkylation sites (tertiary alicyclic amines) is 1. The van der Waals surface area contributed by atoms with E-state index in [4.69, 9.17) is 32.7 Å². The average Bonchev–Trinajstić information content (AvgIpc) is 2.72. The van der Waals surface area contributed by atoms with E-state index in [-0.39, 0.29) is 30.1 Å². The minimum Gasteiger partial charge on any atom is -0.487 e. The van der Waals surface area contributed by atoms with E-state index < -0.39 is 5.60 Å². The van der Waals surface area contributed by atoms with Gasteiger partial charge in [-0.3, -0.25) is 9.69 Å². The molecule has 0 spiro atoms. The summed E-state index contributed by atoms with van der Waals surface area (Å²) < 4.78 is 11.7. The molecule has 1 atom stereocenters. The molecule has 2 aromatic rings. The fraction of sp³-hybridized carbons (Fsp3) is 0.500. The minimum atomic E-state index is -0.593. The largest absolute Gasteiger partial charge is 0.487 e. The normalized spacial score (nSPS) is 17.7. The second kappa shape index (κ2) is 10.4. The van der Waals surface area contributed by atoms with Crippen LogP contribution in [0.3, 0.4) is 0 Å². The second-order valence-electron chi connectivity index (χ2n) is 9.90. The van der Waals surface area contributed by atoms with Crippen LogP contribution in [-0.4, -0.2) is 50.7 Å². The van der Waals surface area contributed by atoms with Crippen molar-refractivity contribution in [2.45, 2.75) is 71.1 Å². The highest BCUT2D eigenvalue weighted by Gasteiger charge is 2.40. The number of halogens is 2. The van der Waals surface area contributed by atoms with Crippen molar-refractivity contribution in [3.05, 3.63) is 46.3 Å². The van der Waals surface area contributed by atoms with E-state index in [1.807, 2.05) is 34.6 Å². The highest BCUT2D eigenvalue weighted by Crippen LogP contribution is 2.33. The topological polar surface area (TPSA) is 93.7 Å². The summed E-state index contributed by atoms with van der Waals surface area (Å²) in [5.74, 6) is 0.431. The Kier molecular flexibility index (Phi) is 7.93. The first-order chi connectivity index (χ1) is 15.8. The maximum Gasteiger partial charge on any atom is 0.410 e. The van der Waals surface area contributed by atoms with E-state index in [2.05, 4.69) is 15.3 Å². The Morgan fingerprint density at radius 2 is 1.94 bits per heavy atom. The van der Waals surface area contributed by atoms with Crippen LogP contribution in [0.4, 0.5) is 10.6 Å². The number of hydrogen-bond acceptors (Lipinski definition) is 6. The molecule has 0 bridgehead atoms. The van der Waals surface area contributed by atoms with Crippen molar-refractivity contribution >= 4 is 41.0 Å². The fourth-order valence-corrected chi connectivity index (χ4v) is 3.83. The lowest BCUT2D eigenvalue weighted by Gasteiger charge is -2.45. The maximum absolute atomic E-state index is 12.8. The molecule has 0 saturated carbocycles. The Bertz CT molecular complexity index is 1040. The molecule has 8 nitrogen and oxygen atoms in total. The number of nitrogens with one attached hydrogen (secondary N) is 1. The van der Waals surface area contributed by atoms with E-state index in [1.165, 1.54) is 6.20 Å². The van der Waals surface area contributed by atoms with Crippen LogP contribution in [0.15, 0.2) is 30.6 Å². The van der Waals surface area contributed by atoms with Gasteiger partial charge in [0.2, 0.25) is 5.91 Å². The van der Waals surface area contributed by atoms with Crippen molar-refractivity contribution < 1.29 is 19.1 Å². The van der Waals surface area contributed by atoms with Crippen LogP contribution in [0.2, 0.25) is 10.2 Å². The van der Waals surface area contributed by atoms with Gasteiger partial charge in [-0.25, -0.2) is 14.8 Å². The summed E-state index contributed by atoms with van der Waals surface area (Å²) in [5.41, 5.74) is -0.232. The number of ether oxygens (including phenoxy) is 2. The van der Waals surface area contributed by atoms with Gasteiger partial charge in [0.1, 0.15) is 33.4 Å². The Hall–Kier alpha value is -2.58. The van der Waals surface area contributed by atoms with Crippen molar-refractivity contribution in [1.29, 1.82) is 0 Å². The van der Waals surface area contributed by atoms with Crippen molar-refractivity contribution in [1.82, 2.24) is 14.9 Å². The quantitative estimate of drug-likeness (QED) is 0.534. The van der Waals surface area contributed by atoms with Crippen molar-refractivity contribution in [3.8, 4) is 5.75 Å². The lowest BCUT2D eigenvalue weighted by atomic mass is 9.89. The van der Waals surface area contributed by atoms with Crippen molar-refractivity contribution in [3.63, 3.8) is 0 Å². The average molecular weight is 509 g/mol. The van der Waals surface area contributed by atoms with Crippen LogP contribution in [0.1, 0.15) is 53.0 Å². The van der Waals surface area contributed by atoms with E-state index in [0.717, 1.165) is 18.4 Å². The lowest BCUT2D eigenvalue weighted by Crippen LogP contribution is -2.56. The fourth-order valence-electron chi connectivity index (χ4n) is 3.57. The smallest absolute Gasteiger partial charge is 0.410 e. The highest BCUT2D eigenvalue weighted by molar-refractivity contribution is 6.32. The van der Waals surface area contributed by atoms with Gasteiger partial charge in [0.25, 0.3) is 0 Å². The molecule has 1 saturated heterocycles. The number of anilines is 1. The third kappa shape index (κ3) is 7.21. The molecule has 2 amide bonds. The molecule has 0 radical (unpaired) electrons. The number of pyridine rings is 2. The van der Waals surface area contributed by atoms with E-state index in [0.29, 0.717) is 28.3 Å². The van der Waals surface area contributed by atoms with Crippen molar-refractivity contribution in [2.75, 3.05) is 11.9 Å². The van der Waals surface area contributed by atoms with Gasteiger partial charge in [-0.1, -0.05) is 29.3 Å². The highest BCUT2D eigenvalue weighted by atomic mass is 35.5. The van der Waals surface area contributed by atoms with E-state index >= 15 is 0 Å². The first kappa shape index (κ1) is 26.0. The Labute approximate surface area is 209 Å². The van der Waals surface area contributed by atoms with Crippen LogP contribution >= 0.6 is 23.2 Å². The lowest BCUT2D eigenvalue weighted by molar-refractivity contribution is -0.115. The molecule has 1 N–H and O–H groups in total. The first-order valence-electron chi connectivity index (χ1n) is 11.1. The van der Waals surface area contributed by atoms with Gasteiger partial charge in [-0.15, -0.1) is 0 Å². The van der Waals surface area contributed by atoms with Gasteiger partial charge in [0.05, 0.1) is 19.2 Å². The second-order valence-corrected chi connectivity index (χ2v) is 10.7. The first-order valence-corrected chi connectivity index (χ1v) is 11.8. The predicted molar refractivity (Wildman–Crippen MR) is 131 cm³/mol. The van der Waals surface area contributed by atoms with Gasteiger partial charge in [0, 0.05) is 17.8 Å². The molecule has 2 aromatic heterocycles. The summed E-state index contributed by atoms with van der Waals surface area (Å²) in [4.78, 5) is 35.0. The number of carbonyl (C=O) groups is 2. The third-order valence-electron chi connectivity index (χ3n) is 5.34. The van der Waals surface area contributed by atoms with E-state index in [9.17, 15) is 9.59 Å². The van der Waals surface area contributed by atoms with Crippen LogP contribution in [0.25, 0.3) is 0 Å². The molecule has 1 fully saturated rings. The molecule has 0 aromatic carbocycles. The van der Waals surface area contributed by atoms with Crippen LogP contribution in [-0.2, 0) is 16.0 Å². The maximum atomic E-state index is 12.8. The van der Waals surface area contributed by atoms with Crippen LogP contribution in [0, 0.1) is 0 Å². The zero-order valence-corrected chi connectivity index (χ0v) is 21.5. The Morgan fingerprint density at radius 1 is 1.21 bits per heavy atom. The van der Waals surface area contributed by atoms with Gasteiger partial charge < -0.3 is 14.8 Å². The number of amides is 2. The molecule has 184 valence electrons. The molecule has 3 heterocycles. The van der Waals surface area contributed by atoms with Gasteiger partial charge in [0.15, 0.2) is 0 Å². The summed E-state index contributed by atoms with van der Waals surface area (Å²) in [5, 5.41) is 3.42. The molecule has 3 rings (SSSR count). The van der Waals surface area contributed by atoms with Gasteiger partial charge >= 0.3 is 6.09 Å². The number of aromatic nitrogens is 2. The molecular formula is C24H30Cl2N4O4. The Morgan fingerprint density at radius 3 is 2.59 bits per heavy atom. The summed E-state index contributed by atoms with van der Waals surface area (Å²) in [6, 6.07) is 4.94. The SMILES string of the molecule is CC(C)(C)OC(=O)N1CC(Oc2cc(NC(=O)Cc3ccc(Cl)nc3)ncc2Cl)CCC1(C)C. The molecule has 1 aliphatic rings. The van der Waals surface area contributed by atoms with E-state index in [1.54, 1.807) is 29.3 Å². The number of hydrogen-bond donors (Lipinski definition) is 1. The number of piperidine rings is 1. The van der Waals surface area contributed by atoms with Crippen LogP contribution < -0.4 is 10.1 Å². The van der Waals surface area contributed by atoms with Gasteiger partial charge in [-0.2, -0.15) is 0 Å². The molecule has 34 heavy (non-hydrogen) atoms. The van der Waals surface area contributed by atoms with Gasteiger partial charge in [-0.05, 0) is 59.1 Å². The van der Waals surface area contributed by atoms with Crippen molar-refractivity contribution in [2.24, 2.45) is 0 Å². The van der Waals surface area contributed by atoms with Crippen LogP contribution in [0.5, 0.6) is 5.75 Å². The monoisotopic (exact) mass is 508 g/mol. The molecular weight excluding hydrogens is 479 g/mol. The molecule has 10 heteroatoms. The predicted octanol–water partition coefficient (Wildman–Crippen LogP) is 5.52. The standard InChI is InChI=1S/C24H30Cl2N4O4/c1-23(2,3)34-22(32)30-14-16(8-9-24(30,4)5)33-18-11-20(28-13-17(18)25)29-21(31)10-15-6-7-19(26)27-12-15/h6-7,11-13,16H,8-10,14H2,1-5H3,(H,28,29,31). The summed E-state index contributed by atoms with van der Waals surface area (Å²) in [6.07, 6.45) is 3.89. The summed E-state index contributed by atoms with van der Waals surface area (Å²) in [7, 11) is 0. The Balaban J connectivity index is 1.66. The zero-order chi connectivity index (χ0) is 25.1. The molecule has 0 aliphatic carbocycles. The third-order valence-corrected chi connectivity index (χ3v) is 5.85. The molecule has 1 unspecified atom stereocenters. The number of rotatable bonds is 5. The zero-order valence-electron chi connectivity index (χ0n) is 20.0. The number of nitrogens with zero attached hydrogens (tertiary/aromatic N) is 3. The number of carbonyl (C=O) groups excluding carboxylic acids is 2. The minimum absolute atomic E-state index is 0.118.